The van der Waals surface area contributed by atoms with Gasteiger partial charge < -0.3 is 5.32 Å². The zero-order valence-corrected chi connectivity index (χ0v) is 7.61. The highest BCUT2D eigenvalue weighted by atomic mass is 14.9. The molecule has 1 nitrogen and oxygen atoms in total. The summed E-state index contributed by atoms with van der Waals surface area (Å²) in [5.41, 5.74) is 0. The van der Waals surface area contributed by atoms with Crippen molar-refractivity contribution in [3.05, 3.63) is 0 Å². The Labute approximate surface area is 65.2 Å². The molecule has 0 aromatic carbocycles. The van der Waals surface area contributed by atoms with Crippen molar-refractivity contribution in [3.8, 4) is 0 Å². The van der Waals surface area contributed by atoms with Crippen LogP contribution in [0.15, 0.2) is 0 Å². The van der Waals surface area contributed by atoms with Crippen molar-refractivity contribution in [1.82, 2.24) is 5.32 Å². The average molecular weight is 143 g/mol. The van der Waals surface area contributed by atoms with E-state index in [0.29, 0.717) is 0 Å². The van der Waals surface area contributed by atoms with Gasteiger partial charge in [-0.2, -0.15) is 0 Å². The molecule has 62 valence electrons. The van der Waals surface area contributed by atoms with E-state index in [1.807, 2.05) is 0 Å². The van der Waals surface area contributed by atoms with Crippen molar-refractivity contribution in [2.75, 3.05) is 6.54 Å². The Balaban J connectivity index is 3.09. The molecule has 0 fully saturated rings. The van der Waals surface area contributed by atoms with Gasteiger partial charge in [0.2, 0.25) is 0 Å². The van der Waals surface area contributed by atoms with Crippen LogP contribution in [0.25, 0.3) is 0 Å². The fourth-order valence-electron chi connectivity index (χ4n) is 1.06. The van der Waals surface area contributed by atoms with Crippen molar-refractivity contribution in [1.29, 1.82) is 0 Å². The maximum absolute atomic E-state index is 3.52. The molecule has 1 heteroatoms. The third-order valence-electron chi connectivity index (χ3n) is 1.95. The zero-order valence-electron chi connectivity index (χ0n) is 7.61. The first-order valence-electron chi connectivity index (χ1n) is 4.58. The van der Waals surface area contributed by atoms with E-state index < -0.39 is 0 Å². The lowest BCUT2D eigenvalue weighted by molar-refractivity contribution is 0.477. The summed E-state index contributed by atoms with van der Waals surface area (Å²) in [5.74, 6) is 0. The third kappa shape index (κ3) is 4.80. The zero-order chi connectivity index (χ0) is 7.82. The van der Waals surface area contributed by atoms with Crippen LogP contribution in [0.4, 0.5) is 0 Å². The summed E-state index contributed by atoms with van der Waals surface area (Å²) < 4.78 is 0. The Morgan fingerprint density at radius 3 is 2.10 bits per heavy atom. The van der Waals surface area contributed by atoms with E-state index >= 15 is 0 Å². The summed E-state index contributed by atoms with van der Waals surface area (Å²) in [6.45, 7) is 7.91. The molecule has 0 aromatic rings. The summed E-state index contributed by atoms with van der Waals surface area (Å²) in [6.07, 6.45) is 5.14. The highest BCUT2D eigenvalue weighted by Crippen LogP contribution is 1.96. The van der Waals surface area contributed by atoms with Gasteiger partial charge in [-0.3, -0.25) is 0 Å². The lowest BCUT2D eigenvalue weighted by Gasteiger charge is -2.13. The van der Waals surface area contributed by atoms with Gasteiger partial charge in [-0.15, -0.1) is 0 Å². The van der Waals surface area contributed by atoms with Crippen LogP contribution in [0.3, 0.4) is 0 Å². The van der Waals surface area contributed by atoms with E-state index in [4.69, 9.17) is 0 Å². The van der Waals surface area contributed by atoms with Crippen molar-refractivity contribution < 1.29 is 0 Å². The molecule has 0 aromatic heterocycles. The largest absolute Gasteiger partial charge is 0.314 e. The molecule has 10 heavy (non-hydrogen) atoms. The summed E-state index contributed by atoms with van der Waals surface area (Å²) in [7, 11) is 0. The fourth-order valence-corrected chi connectivity index (χ4v) is 1.06. The molecule has 0 unspecified atom stereocenters. The molecule has 0 heterocycles. The maximum Gasteiger partial charge on any atom is 0.00618 e. The molecule has 0 aliphatic rings. The summed E-state index contributed by atoms with van der Waals surface area (Å²) >= 11 is 0. The second kappa shape index (κ2) is 7.07. The topological polar surface area (TPSA) is 12.0 Å². The molecule has 0 saturated carbocycles. The van der Waals surface area contributed by atoms with Crippen LogP contribution in [0.5, 0.6) is 0 Å². The van der Waals surface area contributed by atoms with Crippen LogP contribution < -0.4 is 5.32 Å². The number of nitrogens with one attached hydrogen (secondary N) is 1. The van der Waals surface area contributed by atoms with Crippen LogP contribution in [0, 0.1) is 0 Å². The van der Waals surface area contributed by atoms with Gasteiger partial charge in [0.05, 0.1) is 0 Å². The number of hydrogen-bond donors (Lipinski definition) is 1. The van der Waals surface area contributed by atoms with E-state index in [1.54, 1.807) is 0 Å². The highest BCUT2D eigenvalue weighted by Gasteiger charge is 1.98. The fraction of sp³-hybridized carbons (Fsp3) is 1.00. The van der Waals surface area contributed by atoms with E-state index in [-0.39, 0.29) is 0 Å². The molecular formula is C9H21N. The molecule has 0 atom stereocenters. The molecule has 0 rings (SSSR count). The lowest BCUT2D eigenvalue weighted by Crippen LogP contribution is -2.28. The normalized spacial score (nSPS) is 10.8. The van der Waals surface area contributed by atoms with Crippen LogP contribution in [0.2, 0.25) is 0 Å². The second-order valence-electron chi connectivity index (χ2n) is 2.82. The lowest BCUT2D eigenvalue weighted by atomic mass is 10.1. The van der Waals surface area contributed by atoms with Crippen molar-refractivity contribution in [2.45, 2.75) is 52.5 Å². The first kappa shape index (κ1) is 9.96. The van der Waals surface area contributed by atoms with Gasteiger partial charge in [-0.25, -0.2) is 0 Å². The Morgan fingerprint density at radius 2 is 1.70 bits per heavy atom. The SMILES string of the molecule is CCCCNC(CC)CC. The third-order valence-corrected chi connectivity index (χ3v) is 1.95. The minimum absolute atomic E-state index is 0.756. The Kier molecular flexibility index (Phi) is 7.04. The summed E-state index contributed by atoms with van der Waals surface area (Å²) in [6, 6.07) is 0.756. The minimum Gasteiger partial charge on any atom is -0.314 e. The van der Waals surface area contributed by atoms with E-state index in [2.05, 4.69) is 26.1 Å². The van der Waals surface area contributed by atoms with Gasteiger partial charge in [0.25, 0.3) is 0 Å². The predicted octanol–water partition coefficient (Wildman–Crippen LogP) is 2.56. The van der Waals surface area contributed by atoms with Gasteiger partial charge in [-0.05, 0) is 25.8 Å². The molecule has 0 aliphatic carbocycles. The first-order valence-corrected chi connectivity index (χ1v) is 4.58. The Morgan fingerprint density at radius 1 is 1.10 bits per heavy atom. The molecule has 0 aliphatic heterocycles. The predicted molar refractivity (Wildman–Crippen MR) is 47.3 cm³/mol. The van der Waals surface area contributed by atoms with Gasteiger partial charge >= 0.3 is 0 Å². The van der Waals surface area contributed by atoms with Crippen LogP contribution in [-0.4, -0.2) is 12.6 Å². The highest BCUT2D eigenvalue weighted by molar-refractivity contribution is 4.61. The number of unbranched alkanes of at least 4 members (excludes halogenated alkanes) is 1. The first-order chi connectivity index (χ1) is 4.85. The van der Waals surface area contributed by atoms with Crippen molar-refractivity contribution in [3.63, 3.8) is 0 Å². The number of rotatable bonds is 6. The Hall–Kier alpha value is -0.0400. The maximum atomic E-state index is 3.52. The van der Waals surface area contributed by atoms with Gasteiger partial charge in [0.1, 0.15) is 0 Å². The van der Waals surface area contributed by atoms with Crippen molar-refractivity contribution in [2.24, 2.45) is 0 Å². The van der Waals surface area contributed by atoms with Gasteiger partial charge in [-0.1, -0.05) is 27.2 Å². The second-order valence-corrected chi connectivity index (χ2v) is 2.82. The van der Waals surface area contributed by atoms with Crippen LogP contribution in [0.1, 0.15) is 46.5 Å². The molecule has 0 radical (unpaired) electrons. The van der Waals surface area contributed by atoms with Crippen LogP contribution in [-0.2, 0) is 0 Å². The van der Waals surface area contributed by atoms with Gasteiger partial charge in [0, 0.05) is 6.04 Å². The average Bonchev–Trinajstić information content (AvgIpc) is 1.99. The van der Waals surface area contributed by atoms with E-state index in [9.17, 15) is 0 Å². The minimum atomic E-state index is 0.756. The Bertz CT molecular complexity index is 57.7. The summed E-state index contributed by atoms with van der Waals surface area (Å²) in [5, 5.41) is 3.52. The molecule has 0 spiro atoms. The molecular weight excluding hydrogens is 122 g/mol. The molecule has 1 N–H and O–H groups in total. The molecule has 0 bridgehead atoms. The molecule has 0 amide bonds. The van der Waals surface area contributed by atoms with E-state index in [0.717, 1.165) is 6.04 Å². The molecule has 0 saturated heterocycles. The van der Waals surface area contributed by atoms with Gasteiger partial charge in [0.15, 0.2) is 0 Å². The smallest absolute Gasteiger partial charge is 0.00618 e. The number of hydrogen-bond acceptors (Lipinski definition) is 1. The van der Waals surface area contributed by atoms with E-state index in [1.165, 1.54) is 32.2 Å². The quantitative estimate of drug-likeness (QED) is 0.563. The van der Waals surface area contributed by atoms with Crippen LogP contribution >= 0.6 is 0 Å². The summed E-state index contributed by atoms with van der Waals surface area (Å²) in [4.78, 5) is 0. The standard InChI is InChI=1S/C9H21N/c1-4-7-8-10-9(5-2)6-3/h9-10H,4-8H2,1-3H3. The van der Waals surface area contributed by atoms with Crippen molar-refractivity contribution >= 4 is 0 Å². The monoisotopic (exact) mass is 143 g/mol.